The van der Waals surface area contributed by atoms with Crippen LogP contribution in [0.3, 0.4) is 0 Å². The van der Waals surface area contributed by atoms with Crippen molar-refractivity contribution in [1.82, 2.24) is 4.57 Å². The lowest BCUT2D eigenvalue weighted by Gasteiger charge is -2.08. The van der Waals surface area contributed by atoms with Crippen LogP contribution in [0.25, 0.3) is 0 Å². The molecule has 2 heteroatoms. The van der Waals surface area contributed by atoms with Gasteiger partial charge >= 0.3 is 0 Å². The van der Waals surface area contributed by atoms with E-state index in [1.54, 1.807) is 0 Å². The molecule has 162 valence electrons. The highest BCUT2D eigenvalue weighted by Gasteiger charge is 2.19. The van der Waals surface area contributed by atoms with Crippen molar-refractivity contribution < 1.29 is 4.57 Å². The Balaban J connectivity index is 1.66. The number of aromatic nitrogens is 2. The minimum absolute atomic E-state index is 0.527. The summed E-state index contributed by atoms with van der Waals surface area (Å²) in [5.41, 5.74) is 1.38. The van der Waals surface area contributed by atoms with E-state index < -0.39 is 0 Å². The molecule has 1 aromatic heterocycles. The largest absolute Gasteiger partial charge is 0.256 e. The second-order valence-corrected chi connectivity index (χ2v) is 8.97. The van der Waals surface area contributed by atoms with Crippen LogP contribution in [0, 0.1) is 0 Å². The van der Waals surface area contributed by atoms with E-state index in [1.807, 2.05) is 0 Å². The molecule has 29 heavy (non-hydrogen) atoms. The zero-order chi connectivity index (χ0) is 20.7. The molecule has 0 saturated carbocycles. The van der Waals surface area contributed by atoms with Gasteiger partial charge in [-0.15, -0.1) is 0 Å². The summed E-state index contributed by atoms with van der Waals surface area (Å²) < 4.78 is 4.91. The fourth-order valence-electron chi connectivity index (χ4n) is 4.26. The van der Waals surface area contributed by atoms with Gasteiger partial charge in [0.25, 0.3) is 5.82 Å². The lowest BCUT2D eigenvalue weighted by atomic mass is 10.0. The standard InChI is InChI=1S/C27H45N2/c1-4-5-6-7-8-9-10-11-12-13-14-18-21-27-28(22-23-29(27)25(2)3)24-26-19-16-15-17-20-26/h15-17,19-20,22-23,25H,4-14,18,21,24H2,1-3H3/q+1. The van der Waals surface area contributed by atoms with Crippen LogP contribution in [0.2, 0.25) is 0 Å². The predicted molar refractivity (Wildman–Crippen MR) is 125 cm³/mol. The van der Waals surface area contributed by atoms with Crippen molar-refractivity contribution in [3.05, 3.63) is 54.1 Å². The Hall–Kier alpha value is -1.57. The summed E-state index contributed by atoms with van der Waals surface area (Å²) in [5.74, 6) is 1.48. The van der Waals surface area contributed by atoms with Gasteiger partial charge in [0.15, 0.2) is 0 Å². The molecule has 0 aliphatic rings. The molecule has 0 amide bonds. The highest BCUT2D eigenvalue weighted by molar-refractivity contribution is 5.13. The van der Waals surface area contributed by atoms with Crippen LogP contribution in [-0.2, 0) is 13.0 Å². The third-order valence-electron chi connectivity index (χ3n) is 6.04. The van der Waals surface area contributed by atoms with E-state index in [2.05, 4.69) is 72.6 Å². The highest BCUT2D eigenvalue weighted by Crippen LogP contribution is 2.14. The van der Waals surface area contributed by atoms with Crippen LogP contribution >= 0.6 is 0 Å². The number of hydrogen-bond donors (Lipinski definition) is 0. The van der Waals surface area contributed by atoms with Gasteiger partial charge < -0.3 is 0 Å². The van der Waals surface area contributed by atoms with Crippen molar-refractivity contribution in [2.45, 2.75) is 117 Å². The Morgan fingerprint density at radius 3 is 1.86 bits per heavy atom. The maximum absolute atomic E-state index is 2.46. The van der Waals surface area contributed by atoms with Gasteiger partial charge in [-0.05, 0) is 25.8 Å². The fraction of sp³-hybridized carbons (Fsp3) is 0.667. The van der Waals surface area contributed by atoms with Crippen molar-refractivity contribution >= 4 is 0 Å². The van der Waals surface area contributed by atoms with Crippen molar-refractivity contribution in [3.63, 3.8) is 0 Å². The number of imidazole rings is 1. The molecule has 0 saturated heterocycles. The zero-order valence-electron chi connectivity index (χ0n) is 19.4. The summed E-state index contributed by atoms with van der Waals surface area (Å²) in [6.07, 6.45) is 22.7. The minimum Gasteiger partial charge on any atom is -0.232 e. The molecule has 2 aromatic rings. The molecule has 0 bridgehead atoms. The van der Waals surface area contributed by atoms with Gasteiger partial charge in [-0.3, -0.25) is 0 Å². The average molecular weight is 398 g/mol. The monoisotopic (exact) mass is 397 g/mol. The van der Waals surface area contributed by atoms with Gasteiger partial charge in [0.05, 0.1) is 6.04 Å². The van der Waals surface area contributed by atoms with Gasteiger partial charge in [-0.2, -0.15) is 0 Å². The number of rotatable bonds is 16. The molecule has 1 heterocycles. The van der Waals surface area contributed by atoms with Crippen molar-refractivity contribution in [2.75, 3.05) is 0 Å². The minimum atomic E-state index is 0.527. The molecule has 0 N–H and O–H groups in total. The smallest absolute Gasteiger partial charge is 0.232 e. The molecule has 0 radical (unpaired) electrons. The van der Waals surface area contributed by atoms with Crippen LogP contribution < -0.4 is 4.57 Å². The van der Waals surface area contributed by atoms with Crippen LogP contribution in [0.1, 0.15) is 115 Å². The molecule has 0 spiro atoms. The van der Waals surface area contributed by atoms with Crippen LogP contribution in [-0.4, -0.2) is 4.57 Å². The Morgan fingerprint density at radius 1 is 0.759 bits per heavy atom. The first-order valence-electron chi connectivity index (χ1n) is 12.4. The number of nitrogens with zero attached hydrogens (tertiary/aromatic N) is 2. The normalized spacial score (nSPS) is 11.4. The number of hydrogen-bond acceptors (Lipinski definition) is 0. The molecular formula is C27H45N2+. The van der Waals surface area contributed by atoms with Crippen LogP contribution in [0.15, 0.2) is 42.7 Å². The first kappa shape index (κ1) is 23.7. The Labute approximate surface area is 180 Å². The Bertz CT molecular complexity index is 642. The van der Waals surface area contributed by atoms with E-state index in [4.69, 9.17) is 0 Å². The van der Waals surface area contributed by atoms with Gasteiger partial charge in [0.2, 0.25) is 0 Å². The molecule has 0 aliphatic heterocycles. The van der Waals surface area contributed by atoms with Crippen molar-refractivity contribution in [3.8, 4) is 0 Å². The summed E-state index contributed by atoms with van der Waals surface area (Å²) >= 11 is 0. The van der Waals surface area contributed by atoms with E-state index in [-0.39, 0.29) is 0 Å². The van der Waals surface area contributed by atoms with Gasteiger partial charge in [-0.25, -0.2) is 9.13 Å². The van der Waals surface area contributed by atoms with E-state index in [1.165, 1.54) is 94.9 Å². The predicted octanol–water partition coefficient (Wildman–Crippen LogP) is 7.65. The highest BCUT2D eigenvalue weighted by atomic mass is 15.2. The second kappa shape index (κ2) is 14.4. The Kier molecular flexibility index (Phi) is 11.8. The maximum Gasteiger partial charge on any atom is 0.256 e. The summed E-state index contributed by atoms with van der Waals surface area (Å²) in [7, 11) is 0. The van der Waals surface area contributed by atoms with Gasteiger partial charge in [0, 0.05) is 6.42 Å². The summed E-state index contributed by atoms with van der Waals surface area (Å²) in [6, 6.07) is 11.4. The molecule has 0 aliphatic carbocycles. The maximum atomic E-state index is 2.46. The van der Waals surface area contributed by atoms with E-state index in [0.717, 1.165) is 6.54 Å². The number of benzene rings is 1. The third kappa shape index (κ3) is 9.19. The van der Waals surface area contributed by atoms with Gasteiger partial charge in [0.1, 0.15) is 18.9 Å². The first-order valence-corrected chi connectivity index (χ1v) is 12.4. The van der Waals surface area contributed by atoms with Gasteiger partial charge in [-0.1, -0.05) is 108 Å². The van der Waals surface area contributed by atoms with Crippen molar-refractivity contribution in [2.24, 2.45) is 0 Å². The molecular weight excluding hydrogens is 352 g/mol. The number of unbranched alkanes of at least 4 members (excludes halogenated alkanes) is 11. The van der Waals surface area contributed by atoms with Crippen molar-refractivity contribution in [1.29, 1.82) is 0 Å². The molecule has 2 rings (SSSR count). The third-order valence-corrected chi connectivity index (χ3v) is 6.04. The molecule has 1 aromatic carbocycles. The molecule has 0 atom stereocenters. The van der Waals surface area contributed by atoms with E-state index in [0.29, 0.717) is 6.04 Å². The van der Waals surface area contributed by atoms with Crippen LogP contribution in [0.5, 0.6) is 0 Å². The summed E-state index contributed by atoms with van der Waals surface area (Å²) in [6.45, 7) is 7.86. The summed E-state index contributed by atoms with van der Waals surface area (Å²) in [4.78, 5) is 0. The average Bonchev–Trinajstić information content (AvgIpc) is 3.12. The summed E-state index contributed by atoms with van der Waals surface area (Å²) in [5, 5.41) is 0. The topological polar surface area (TPSA) is 8.81 Å². The molecule has 2 nitrogen and oxygen atoms in total. The lowest BCUT2D eigenvalue weighted by molar-refractivity contribution is -0.695. The quantitative estimate of drug-likeness (QED) is 0.203. The SMILES string of the molecule is CCCCCCCCCCCCCCc1n(C(C)C)cc[n+]1Cc1ccccc1. The molecule has 0 unspecified atom stereocenters. The fourth-order valence-corrected chi connectivity index (χ4v) is 4.26. The lowest BCUT2D eigenvalue weighted by Crippen LogP contribution is -2.38. The van der Waals surface area contributed by atoms with E-state index >= 15 is 0 Å². The Morgan fingerprint density at radius 2 is 1.31 bits per heavy atom. The zero-order valence-corrected chi connectivity index (χ0v) is 19.4. The van der Waals surface area contributed by atoms with Crippen LogP contribution in [0.4, 0.5) is 0 Å². The first-order chi connectivity index (χ1) is 14.2. The second-order valence-electron chi connectivity index (χ2n) is 8.97. The van der Waals surface area contributed by atoms with E-state index in [9.17, 15) is 0 Å². The molecule has 0 fully saturated rings.